The average Bonchev–Trinajstić information content (AvgIpc) is 2.47. The number of carbonyl (C=O) groups excluding carboxylic acids is 1. The Balaban J connectivity index is 2.70. The molecule has 0 aliphatic heterocycles. The number of rotatable bonds is 9. The predicted molar refractivity (Wildman–Crippen MR) is 85.7 cm³/mol. The smallest absolute Gasteiger partial charge is 0.387 e. The lowest BCUT2D eigenvalue weighted by atomic mass is 10.1. The van der Waals surface area contributed by atoms with Gasteiger partial charge in [0.2, 0.25) is 5.91 Å². The minimum Gasteiger partial charge on any atom is -0.490 e. The van der Waals surface area contributed by atoms with Crippen LogP contribution in [0.15, 0.2) is 24.3 Å². The molecule has 6 heteroatoms. The van der Waals surface area contributed by atoms with Crippen LogP contribution in [0.5, 0.6) is 11.5 Å². The van der Waals surface area contributed by atoms with Crippen molar-refractivity contribution in [3.63, 3.8) is 0 Å². The van der Waals surface area contributed by atoms with E-state index >= 15 is 0 Å². The molecule has 128 valence electrons. The fourth-order valence-electron chi connectivity index (χ4n) is 1.80. The molecule has 1 aromatic carbocycles. The molecule has 0 atom stereocenters. The minimum atomic E-state index is -2.91. The molecule has 0 unspecified atom stereocenters. The maximum absolute atomic E-state index is 12.3. The second-order valence-corrected chi connectivity index (χ2v) is 5.32. The lowest BCUT2D eigenvalue weighted by Crippen LogP contribution is -2.23. The molecular formula is C17H23F2NO3. The zero-order valence-electron chi connectivity index (χ0n) is 13.6. The van der Waals surface area contributed by atoms with Gasteiger partial charge in [-0.15, -0.1) is 0 Å². The normalized spacial score (nSPS) is 11.3. The van der Waals surface area contributed by atoms with Gasteiger partial charge in [0.15, 0.2) is 11.5 Å². The first-order valence-corrected chi connectivity index (χ1v) is 7.60. The molecule has 1 aromatic rings. The zero-order valence-corrected chi connectivity index (χ0v) is 13.6. The van der Waals surface area contributed by atoms with E-state index in [9.17, 15) is 13.6 Å². The molecule has 23 heavy (non-hydrogen) atoms. The predicted octanol–water partition coefficient (Wildman–Crippen LogP) is 3.86. The molecule has 0 aliphatic rings. The summed E-state index contributed by atoms with van der Waals surface area (Å²) in [5, 5.41) is 2.78. The Morgan fingerprint density at radius 3 is 2.65 bits per heavy atom. The largest absolute Gasteiger partial charge is 0.490 e. The van der Waals surface area contributed by atoms with Crippen LogP contribution < -0.4 is 14.8 Å². The SMILES string of the molecule is CCOc1cc(/C=C/C(=O)NCCC(C)C)ccc1OC(F)F. The first-order valence-electron chi connectivity index (χ1n) is 7.60. The summed E-state index contributed by atoms with van der Waals surface area (Å²) >= 11 is 0. The van der Waals surface area contributed by atoms with Crippen molar-refractivity contribution in [2.24, 2.45) is 5.92 Å². The monoisotopic (exact) mass is 327 g/mol. The van der Waals surface area contributed by atoms with Gasteiger partial charge in [-0.1, -0.05) is 19.9 Å². The Kier molecular flexibility index (Phi) is 8.08. The number of hydrogen-bond donors (Lipinski definition) is 1. The van der Waals surface area contributed by atoms with Crippen LogP contribution in [0.1, 0.15) is 32.8 Å². The Bertz CT molecular complexity index is 531. The van der Waals surface area contributed by atoms with Crippen LogP contribution in [0.2, 0.25) is 0 Å². The van der Waals surface area contributed by atoms with Crippen LogP contribution in [0, 0.1) is 5.92 Å². The fourth-order valence-corrected chi connectivity index (χ4v) is 1.80. The van der Waals surface area contributed by atoms with Crippen molar-refractivity contribution in [2.75, 3.05) is 13.2 Å². The van der Waals surface area contributed by atoms with Crippen molar-refractivity contribution in [2.45, 2.75) is 33.8 Å². The summed E-state index contributed by atoms with van der Waals surface area (Å²) in [5.74, 6) is 0.516. The van der Waals surface area contributed by atoms with Crippen molar-refractivity contribution in [3.05, 3.63) is 29.8 Å². The topological polar surface area (TPSA) is 47.6 Å². The van der Waals surface area contributed by atoms with E-state index in [1.54, 1.807) is 25.1 Å². The zero-order chi connectivity index (χ0) is 17.2. The maximum Gasteiger partial charge on any atom is 0.387 e. The van der Waals surface area contributed by atoms with E-state index < -0.39 is 6.61 Å². The van der Waals surface area contributed by atoms with Gasteiger partial charge in [-0.2, -0.15) is 8.78 Å². The van der Waals surface area contributed by atoms with Crippen molar-refractivity contribution < 1.29 is 23.0 Å². The molecule has 0 radical (unpaired) electrons. The molecule has 1 amide bonds. The Morgan fingerprint density at radius 1 is 1.30 bits per heavy atom. The number of amides is 1. The van der Waals surface area contributed by atoms with Crippen molar-refractivity contribution in [1.82, 2.24) is 5.32 Å². The van der Waals surface area contributed by atoms with E-state index in [0.717, 1.165) is 6.42 Å². The Labute approximate surface area is 135 Å². The van der Waals surface area contributed by atoms with Crippen LogP contribution >= 0.6 is 0 Å². The van der Waals surface area contributed by atoms with Crippen molar-refractivity contribution >= 4 is 12.0 Å². The number of carbonyl (C=O) groups is 1. The lowest BCUT2D eigenvalue weighted by molar-refractivity contribution is -0.116. The third kappa shape index (κ3) is 7.63. The molecule has 0 saturated carbocycles. The minimum absolute atomic E-state index is 0.0274. The third-order valence-electron chi connectivity index (χ3n) is 2.93. The number of alkyl halides is 2. The Hall–Kier alpha value is -2.11. The van der Waals surface area contributed by atoms with E-state index in [-0.39, 0.29) is 17.4 Å². The quantitative estimate of drug-likeness (QED) is 0.701. The van der Waals surface area contributed by atoms with Gasteiger partial charge >= 0.3 is 6.61 Å². The number of halogens is 2. The van der Waals surface area contributed by atoms with E-state index in [1.807, 2.05) is 0 Å². The van der Waals surface area contributed by atoms with Gasteiger partial charge in [-0.3, -0.25) is 4.79 Å². The first kappa shape index (κ1) is 18.9. The molecule has 1 rings (SSSR count). The molecule has 4 nitrogen and oxygen atoms in total. The van der Waals surface area contributed by atoms with Gasteiger partial charge < -0.3 is 14.8 Å². The second-order valence-electron chi connectivity index (χ2n) is 5.32. The van der Waals surface area contributed by atoms with E-state index in [4.69, 9.17) is 4.74 Å². The highest BCUT2D eigenvalue weighted by atomic mass is 19.3. The highest BCUT2D eigenvalue weighted by Crippen LogP contribution is 2.30. The van der Waals surface area contributed by atoms with Gasteiger partial charge in [0.25, 0.3) is 0 Å². The van der Waals surface area contributed by atoms with Gasteiger partial charge in [0.05, 0.1) is 6.61 Å². The molecule has 0 aromatic heterocycles. The van der Waals surface area contributed by atoms with E-state index in [2.05, 4.69) is 23.9 Å². The summed E-state index contributed by atoms with van der Waals surface area (Å²) in [4.78, 5) is 11.7. The summed E-state index contributed by atoms with van der Waals surface area (Å²) in [6.45, 7) is 3.94. The first-order chi connectivity index (χ1) is 10.9. The summed E-state index contributed by atoms with van der Waals surface area (Å²) in [7, 11) is 0. The molecule has 0 aliphatic carbocycles. The molecule has 0 spiro atoms. The third-order valence-corrected chi connectivity index (χ3v) is 2.93. The van der Waals surface area contributed by atoms with Crippen LogP contribution in [0.25, 0.3) is 6.08 Å². The highest BCUT2D eigenvalue weighted by molar-refractivity contribution is 5.91. The lowest BCUT2D eigenvalue weighted by Gasteiger charge is -2.11. The number of ether oxygens (including phenoxy) is 2. The van der Waals surface area contributed by atoms with Gasteiger partial charge in [0.1, 0.15) is 0 Å². The summed E-state index contributed by atoms with van der Waals surface area (Å²) in [5.41, 5.74) is 0.661. The molecule has 0 saturated heterocycles. The number of hydrogen-bond acceptors (Lipinski definition) is 3. The van der Waals surface area contributed by atoms with E-state index in [0.29, 0.717) is 24.6 Å². The van der Waals surface area contributed by atoms with Crippen molar-refractivity contribution in [1.29, 1.82) is 0 Å². The van der Waals surface area contributed by atoms with Crippen LogP contribution in [0.3, 0.4) is 0 Å². The summed E-state index contributed by atoms with van der Waals surface area (Å²) < 4.78 is 34.3. The summed E-state index contributed by atoms with van der Waals surface area (Å²) in [6, 6.07) is 4.53. The van der Waals surface area contributed by atoms with E-state index in [1.165, 1.54) is 12.1 Å². The van der Waals surface area contributed by atoms with Crippen LogP contribution in [-0.2, 0) is 4.79 Å². The standard InChI is InChI=1S/C17H23F2NO3/c1-4-22-15-11-13(5-7-14(15)23-17(18)19)6-8-16(21)20-10-9-12(2)3/h5-8,11-12,17H,4,9-10H2,1-3H3,(H,20,21)/b8-6+. The van der Waals surface area contributed by atoms with Gasteiger partial charge in [-0.25, -0.2) is 0 Å². The second kappa shape index (κ2) is 9.82. The molecule has 1 N–H and O–H groups in total. The number of benzene rings is 1. The molecule has 0 fully saturated rings. The van der Waals surface area contributed by atoms with Gasteiger partial charge in [0, 0.05) is 12.6 Å². The van der Waals surface area contributed by atoms with Crippen LogP contribution in [0.4, 0.5) is 8.78 Å². The van der Waals surface area contributed by atoms with Crippen LogP contribution in [-0.4, -0.2) is 25.7 Å². The Morgan fingerprint density at radius 2 is 2.04 bits per heavy atom. The maximum atomic E-state index is 12.3. The summed E-state index contributed by atoms with van der Waals surface area (Å²) in [6.07, 6.45) is 3.91. The molecular weight excluding hydrogens is 304 g/mol. The fraction of sp³-hybridized carbons (Fsp3) is 0.471. The van der Waals surface area contributed by atoms with Gasteiger partial charge in [-0.05, 0) is 43.0 Å². The average molecular weight is 327 g/mol. The van der Waals surface area contributed by atoms with Crippen molar-refractivity contribution in [3.8, 4) is 11.5 Å². The number of nitrogens with one attached hydrogen (secondary N) is 1. The molecule has 0 heterocycles. The highest BCUT2D eigenvalue weighted by Gasteiger charge is 2.11. The molecule has 0 bridgehead atoms.